The van der Waals surface area contributed by atoms with E-state index < -0.39 is 18.5 Å². The Morgan fingerprint density at radius 3 is 2.46 bits per heavy atom. The van der Waals surface area contributed by atoms with Crippen LogP contribution in [0.2, 0.25) is 0 Å². The summed E-state index contributed by atoms with van der Waals surface area (Å²) in [6, 6.07) is 4.92. The Bertz CT molecular complexity index is 872. The third kappa shape index (κ3) is 4.34. The summed E-state index contributed by atoms with van der Waals surface area (Å²) in [5.41, 5.74) is 1.06. The van der Waals surface area contributed by atoms with E-state index in [0.29, 0.717) is 25.3 Å². The molecule has 26 heavy (non-hydrogen) atoms. The van der Waals surface area contributed by atoms with Gasteiger partial charge in [-0.2, -0.15) is 5.10 Å². The SMILES string of the molecule is Cn1ccc(CN2CCN(c3cnn(CC(F)F)c(=O)c3)CC2)cc1=O. The number of alkyl halides is 2. The second kappa shape index (κ2) is 7.77. The van der Waals surface area contributed by atoms with Crippen LogP contribution < -0.4 is 16.0 Å². The van der Waals surface area contributed by atoms with Crippen LogP contribution >= 0.6 is 0 Å². The predicted molar refractivity (Wildman–Crippen MR) is 93.7 cm³/mol. The maximum atomic E-state index is 12.4. The van der Waals surface area contributed by atoms with Crippen molar-refractivity contribution in [2.24, 2.45) is 7.05 Å². The molecule has 140 valence electrons. The summed E-state index contributed by atoms with van der Waals surface area (Å²) in [4.78, 5) is 27.8. The number of anilines is 1. The number of halogens is 2. The van der Waals surface area contributed by atoms with E-state index in [1.165, 1.54) is 16.8 Å². The maximum Gasteiger partial charge on any atom is 0.269 e. The molecule has 0 aromatic carbocycles. The van der Waals surface area contributed by atoms with Crippen LogP contribution in [-0.4, -0.2) is 51.9 Å². The fourth-order valence-electron chi connectivity index (χ4n) is 2.98. The lowest BCUT2D eigenvalue weighted by Gasteiger charge is -2.35. The quantitative estimate of drug-likeness (QED) is 0.774. The van der Waals surface area contributed by atoms with Crippen molar-refractivity contribution in [3.63, 3.8) is 0 Å². The Balaban J connectivity index is 1.59. The number of hydrogen-bond donors (Lipinski definition) is 0. The van der Waals surface area contributed by atoms with Gasteiger partial charge in [-0.15, -0.1) is 0 Å². The van der Waals surface area contributed by atoms with Crippen LogP contribution in [0.5, 0.6) is 0 Å². The van der Waals surface area contributed by atoms with Crippen molar-refractivity contribution < 1.29 is 8.78 Å². The monoisotopic (exact) mass is 365 g/mol. The molecule has 0 saturated carbocycles. The molecule has 7 nitrogen and oxygen atoms in total. The van der Waals surface area contributed by atoms with Gasteiger partial charge in [0.15, 0.2) is 0 Å². The minimum atomic E-state index is -2.61. The van der Waals surface area contributed by atoms with E-state index in [1.807, 2.05) is 11.0 Å². The van der Waals surface area contributed by atoms with Crippen LogP contribution in [0, 0.1) is 0 Å². The number of aryl methyl sites for hydroxylation is 1. The lowest BCUT2D eigenvalue weighted by atomic mass is 10.2. The summed E-state index contributed by atoms with van der Waals surface area (Å²) in [5, 5.41) is 3.83. The summed E-state index contributed by atoms with van der Waals surface area (Å²) >= 11 is 0. The Kier molecular flexibility index (Phi) is 5.46. The van der Waals surface area contributed by atoms with E-state index in [-0.39, 0.29) is 5.56 Å². The van der Waals surface area contributed by atoms with E-state index in [1.54, 1.807) is 19.3 Å². The third-order valence-electron chi connectivity index (χ3n) is 4.48. The average molecular weight is 365 g/mol. The Morgan fingerprint density at radius 1 is 1.12 bits per heavy atom. The van der Waals surface area contributed by atoms with Crippen molar-refractivity contribution in [1.82, 2.24) is 19.2 Å². The van der Waals surface area contributed by atoms with Crippen LogP contribution in [-0.2, 0) is 20.1 Å². The smallest absolute Gasteiger partial charge is 0.269 e. The van der Waals surface area contributed by atoms with Crippen LogP contribution in [0.25, 0.3) is 0 Å². The van der Waals surface area contributed by atoms with Crippen molar-refractivity contribution in [2.45, 2.75) is 19.5 Å². The number of pyridine rings is 1. The van der Waals surface area contributed by atoms with Crippen LogP contribution in [0.15, 0.2) is 40.2 Å². The largest absolute Gasteiger partial charge is 0.368 e. The second-order valence-corrected chi connectivity index (χ2v) is 6.37. The van der Waals surface area contributed by atoms with E-state index in [2.05, 4.69) is 10.00 Å². The number of nitrogens with zero attached hydrogens (tertiary/aromatic N) is 5. The Labute approximate surface area is 149 Å². The van der Waals surface area contributed by atoms with Crippen LogP contribution in [0.3, 0.4) is 0 Å². The van der Waals surface area contributed by atoms with Gasteiger partial charge in [-0.1, -0.05) is 0 Å². The molecule has 1 aliphatic rings. The third-order valence-corrected chi connectivity index (χ3v) is 4.48. The minimum Gasteiger partial charge on any atom is -0.368 e. The molecular weight excluding hydrogens is 344 g/mol. The fourth-order valence-corrected chi connectivity index (χ4v) is 2.98. The van der Waals surface area contributed by atoms with Gasteiger partial charge in [-0.3, -0.25) is 14.5 Å². The predicted octanol–water partition coefficient (Wildman–Crippen LogP) is 0.529. The number of rotatable bonds is 5. The van der Waals surface area contributed by atoms with Gasteiger partial charge >= 0.3 is 0 Å². The molecule has 3 heterocycles. The Hall–Kier alpha value is -2.55. The van der Waals surface area contributed by atoms with Gasteiger partial charge in [-0.25, -0.2) is 13.5 Å². The highest BCUT2D eigenvalue weighted by Gasteiger charge is 2.19. The molecule has 0 bridgehead atoms. The van der Waals surface area contributed by atoms with E-state index in [4.69, 9.17) is 0 Å². The molecule has 0 aliphatic carbocycles. The minimum absolute atomic E-state index is 0.0310. The highest BCUT2D eigenvalue weighted by atomic mass is 19.3. The van der Waals surface area contributed by atoms with E-state index in [0.717, 1.165) is 23.3 Å². The molecule has 1 saturated heterocycles. The van der Waals surface area contributed by atoms with E-state index >= 15 is 0 Å². The normalized spacial score (nSPS) is 15.6. The van der Waals surface area contributed by atoms with Crippen LogP contribution in [0.4, 0.5) is 14.5 Å². The number of piperazine rings is 1. The first-order valence-corrected chi connectivity index (χ1v) is 8.40. The lowest BCUT2D eigenvalue weighted by molar-refractivity contribution is 0.119. The highest BCUT2D eigenvalue weighted by molar-refractivity contribution is 5.43. The maximum absolute atomic E-state index is 12.4. The second-order valence-electron chi connectivity index (χ2n) is 6.37. The topological polar surface area (TPSA) is 63.4 Å². The average Bonchev–Trinajstić information content (AvgIpc) is 2.60. The summed E-state index contributed by atoms with van der Waals surface area (Å²) in [6.45, 7) is 2.95. The molecule has 1 fully saturated rings. The molecule has 9 heteroatoms. The van der Waals surface area contributed by atoms with Gasteiger partial charge in [0.05, 0.1) is 11.9 Å². The molecular formula is C17H21F2N5O2. The van der Waals surface area contributed by atoms with Crippen molar-refractivity contribution in [3.05, 3.63) is 56.9 Å². The van der Waals surface area contributed by atoms with Crippen molar-refractivity contribution in [1.29, 1.82) is 0 Å². The summed E-state index contributed by atoms with van der Waals surface area (Å²) in [6.07, 6.45) is 0.610. The first-order chi connectivity index (χ1) is 12.4. The van der Waals surface area contributed by atoms with Gasteiger partial charge in [0.25, 0.3) is 17.5 Å². The summed E-state index contributed by atoms with van der Waals surface area (Å²) in [7, 11) is 1.72. The van der Waals surface area contributed by atoms with Gasteiger partial charge in [0.2, 0.25) is 0 Å². The molecule has 0 N–H and O–H groups in total. The zero-order chi connectivity index (χ0) is 18.7. The van der Waals surface area contributed by atoms with Gasteiger partial charge in [-0.05, 0) is 11.6 Å². The number of hydrogen-bond acceptors (Lipinski definition) is 5. The first kappa shape index (κ1) is 18.2. The Morgan fingerprint density at radius 2 is 1.85 bits per heavy atom. The molecule has 0 radical (unpaired) electrons. The standard InChI is InChI=1S/C17H21F2N5O2/c1-21-3-2-13(8-16(21)25)11-22-4-6-23(7-5-22)14-9-17(26)24(20-10-14)12-15(18)19/h2-3,8-10,15H,4-7,11-12H2,1H3. The van der Waals surface area contributed by atoms with Gasteiger partial charge in [0.1, 0.15) is 6.54 Å². The van der Waals surface area contributed by atoms with Crippen molar-refractivity contribution >= 4 is 5.69 Å². The molecule has 3 rings (SSSR count). The molecule has 2 aromatic rings. The fraction of sp³-hybridized carbons (Fsp3) is 0.471. The molecule has 2 aromatic heterocycles. The zero-order valence-corrected chi connectivity index (χ0v) is 14.5. The first-order valence-electron chi connectivity index (χ1n) is 8.40. The molecule has 0 atom stereocenters. The summed E-state index contributed by atoms with van der Waals surface area (Å²) in [5.74, 6) is 0. The van der Waals surface area contributed by atoms with Gasteiger partial charge < -0.3 is 9.47 Å². The van der Waals surface area contributed by atoms with Crippen molar-refractivity contribution in [2.75, 3.05) is 31.1 Å². The zero-order valence-electron chi connectivity index (χ0n) is 14.5. The lowest BCUT2D eigenvalue weighted by Crippen LogP contribution is -2.46. The molecule has 0 unspecified atom stereocenters. The van der Waals surface area contributed by atoms with E-state index in [9.17, 15) is 18.4 Å². The molecule has 0 spiro atoms. The van der Waals surface area contributed by atoms with Crippen LogP contribution in [0.1, 0.15) is 5.56 Å². The summed E-state index contributed by atoms with van der Waals surface area (Å²) < 4.78 is 27.1. The van der Waals surface area contributed by atoms with Gasteiger partial charge in [0, 0.05) is 58.1 Å². The van der Waals surface area contributed by atoms with Crippen molar-refractivity contribution in [3.8, 4) is 0 Å². The molecule has 0 amide bonds. The molecule has 1 aliphatic heterocycles. The highest BCUT2D eigenvalue weighted by Crippen LogP contribution is 2.14. The number of aromatic nitrogens is 3.